The molecule has 25 heavy (non-hydrogen) atoms. The number of benzene rings is 2. The summed E-state index contributed by atoms with van der Waals surface area (Å²) in [6.07, 6.45) is 2.63. The van der Waals surface area contributed by atoms with Crippen LogP contribution >= 0.6 is 0 Å². The standard InChI is InChI=1S/C22H26N2O/c1-23-12-6-11-21(25)24-14-15-13-20-16-7-2-4-9-18(16)22(15)19-10-5-3-8-17(19)20/h2-5,7-10,15,20,22-23H,6,11-14H2,1H3,(H,24,25). The van der Waals surface area contributed by atoms with Crippen molar-refractivity contribution in [1.82, 2.24) is 10.6 Å². The molecule has 2 bridgehead atoms. The van der Waals surface area contributed by atoms with Gasteiger partial charge in [0.1, 0.15) is 0 Å². The molecule has 3 nitrogen and oxygen atoms in total. The molecule has 0 aliphatic heterocycles. The Labute approximate surface area is 149 Å². The minimum absolute atomic E-state index is 0.179. The van der Waals surface area contributed by atoms with E-state index in [-0.39, 0.29) is 5.91 Å². The number of rotatable bonds is 6. The summed E-state index contributed by atoms with van der Waals surface area (Å²) in [6, 6.07) is 17.7. The van der Waals surface area contributed by atoms with Crippen molar-refractivity contribution in [2.45, 2.75) is 31.1 Å². The topological polar surface area (TPSA) is 41.1 Å². The van der Waals surface area contributed by atoms with Crippen LogP contribution in [0.3, 0.4) is 0 Å². The minimum atomic E-state index is 0.179. The van der Waals surface area contributed by atoms with E-state index in [0.717, 1.165) is 25.9 Å². The summed E-state index contributed by atoms with van der Waals surface area (Å²) in [4.78, 5) is 12.1. The molecule has 5 rings (SSSR count). The molecule has 2 aromatic rings. The molecule has 0 saturated heterocycles. The van der Waals surface area contributed by atoms with Gasteiger partial charge < -0.3 is 10.6 Å². The molecule has 0 spiro atoms. The molecule has 0 heterocycles. The zero-order chi connectivity index (χ0) is 17.2. The quantitative estimate of drug-likeness (QED) is 0.795. The molecule has 1 unspecified atom stereocenters. The van der Waals surface area contributed by atoms with Crippen molar-refractivity contribution in [3.05, 3.63) is 70.8 Å². The molecule has 1 atom stereocenters. The van der Waals surface area contributed by atoms with Gasteiger partial charge in [0.15, 0.2) is 0 Å². The van der Waals surface area contributed by atoms with Crippen LogP contribution in [0, 0.1) is 5.92 Å². The van der Waals surface area contributed by atoms with E-state index >= 15 is 0 Å². The van der Waals surface area contributed by atoms with Crippen LogP contribution in [0.15, 0.2) is 48.5 Å². The molecular weight excluding hydrogens is 308 g/mol. The van der Waals surface area contributed by atoms with E-state index in [0.29, 0.717) is 24.2 Å². The van der Waals surface area contributed by atoms with Gasteiger partial charge in [0, 0.05) is 24.8 Å². The van der Waals surface area contributed by atoms with E-state index in [2.05, 4.69) is 59.2 Å². The lowest BCUT2D eigenvalue weighted by Gasteiger charge is -2.45. The lowest BCUT2D eigenvalue weighted by Crippen LogP contribution is -2.39. The molecule has 0 radical (unpaired) electrons. The highest BCUT2D eigenvalue weighted by Gasteiger charge is 2.42. The van der Waals surface area contributed by atoms with Crippen molar-refractivity contribution >= 4 is 5.91 Å². The van der Waals surface area contributed by atoms with Crippen LogP contribution in [0.2, 0.25) is 0 Å². The third-order valence-corrected chi connectivity index (χ3v) is 5.81. The normalized spacial score (nSPS) is 23.0. The van der Waals surface area contributed by atoms with E-state index in [1.807, 2.05) is 7.05 Å². The van der Waals surface area contributed by atoms with E-state index < -0.39 is 0 Å². The average Bonchev–Trinajstić information content (AvgIpc) is 2.67. The number of carbonyl (C=O) groups is 1. The summed E-state index contributed by atoms with van der Waals surface area (Å²) in [6.45, 7) is 1.67. The largest absolute Gasteiger partial charge is 0.356 e. The van der Waals surface area contributed by atoms with Crippen LogP contribution in [0.25, 0.3) is 0 Å². The first kappa shape index (κ1) is 16.3. The summed E-state index contributed by atoms with van der Waals surface area (Å²) in [5.41, 5.74) is 5.91. The van der Waals surface area contributed by atoms with Gasteiger partial charge in [0.25, 0.3) is 0 Å². The number of nitrogens with one attached hydrogen (secondary N) is 2. The Bertz CT molecular complexity index is 723. The van der Waals surface area contributed by atoms with Gasteiger partial charge in [-0.25, -0.2) is 0 Å². The van der Waals surface area contributed by atoms with Crippen molar-refractivity contribution in [2.75, 3.05) is 20.1 Å². The number of carbonyl (C=O) groups excluding carboxylic acids is 1. The summed E-state index contributed by atoms with van der Waals surface area (Å²) in [7, 11) is 1.92. The number of hydrogen-bond donors (Lipinski definition) is 2. The van der Waals surface area contributed by atoms with Crippen molar-refractivity contribution < 1.29 is 4.79 Å². The fourth-order valence-corrected chi connectivity index (χ4v) is 4.72. The monoisotopic (exact) mass is 334 g/mol. The van der Waals surface area contributed by atoms with Gasteiger partial charge in [-0.1, -0.05) is 48.5 Å². The van der Waals surface area contributed by atoms with Gasteiger partial charge in [-0.15, -0.1) is 0 Å². The Morgan fingerprint density at radius 3 is 2.20 bits per heavy atom. The van der Waals surface area contributed by atoms with E-state index in [1.54, 1.807) is 0 Å². The molecule has 0 fully saturated rings. The second kappa shape index (κ2) is 7.01. The summed E-state index contributed by atoms with van der Waals surface area (Å²) >= 11 is 0. The average molecular weight is 334 g/mol. The maximum atomic E-state index is 12.1. The van der Waals surface area contributed by atoms with Crippen molar-refractivity contribution in [2.24, 2.45) is 5.92 Å². The third kappa shape index (κ3) is 2.98. The van der Waals surface area contributed by atoms with Gasteiger partial charge >= 0.3 is 0 Å². The molecular formula is C22H26N2O. The third-order valence-electron chi connectivity index (χ3n) is 5.81. The van der Waals surface area contributed by atoms with Crippen molar-refractivity contribution in [3.63, 3.8) is 0 Å². The van der Waals surface area contributed by atoms with Crippen LogP contribution < -0.4 is 10.6 Å². The first-order valence-electron chi connectivity index (χ1n) is 9.38. The van der Waals surface area contributed by atoms with E-state index in [4.69, 9.17) is 0 Å². The van der Waals surface area contributed by atoms with E-state index in [1.165, 1.54) is 22.3 Å². The molecule has 0 saturated carbocycles. The van der Waals surface area contributed by atoms with E-state index in [9.17, 15) is 4.79 Å². The summed E-state index contributed by atoms with van der Waals surface area (Å²) in [5.74, 6) is 1.56. The Kier molecular flexibility index (Phi) is 4.58. The fourth-order valence-electron chi connectivity index (χ4n) is 4.72. The molecule has 3 heteroatoms. The molecule has 2 N–H and O–H groups in total. The lowest BCUT2D eigenvalue weighted by atomic mass is 9.59. The number of amides is 1. The predicted octanol–water partition coefficient (Wildman–Crippen LogP) is 3.40. The second-order valence-corrected chi connectivity index (χ2v) is 7.30. The van der Waals surface area contributed by atoms with Crippen LogP contribution in [-0.4, -0.2) is 26.0 Å². The Hall–Kier alpha value is -2.13. The van der Waals surface area contributed by atoms with Gasteiger partial charge in [-0.05, 0) is 54.6 Å². The Morgan fingerprint density at radius 1 is 1.00 bits per heavy atom. The molecule has 0 aromatic heterocycles. The van der Waals surface area contributed by atoms with Crippen LogP contribution in [0.1, 0.15) is 53.4 Å². The van der Waals surface area contributed by atoms with Gasteiger partial charge in [-0.2, -0.15) is 0 Å². The maximum Gasteiger partial charge on any atom is 0.220 e. The Balaban J connectivity index is 1.54. The number of hydrogen-bond acceptors (Lipinski definition) is 2. The molecule has 1 amide bonds. The van der Waals surface area contributed by atoms with Crippen molar-refractivity contribution in [3.8, 4) is 0 Å². The summed E-state index contributed by atoms with van der Waals surface area (Å²) < 4.78 is 0. The van der Waals surface area contributed by atoms with Gasteiger partial charge in [0.05, 0.1) is 0 Å². The lowest BCUT2D eigenvalue weighted by molar-refractivity contribution is -0.121. The smallest absolute Gasteiger partial charge is 0.220 e. The Morgan fingerprint density at radius 2 is 1.60 bits per heavy atom. The van der Waals surface area contributed by atoms with Crippen LogP contribution in [-0.2, 0) is 4.79 Å². The fraction of sp³-hybridized carbons (Fsp3) is 0.409. The molecule has 130 valence electrons. The SMILES string of the molecule is CNCCCC(=O)NCC1CC2c3ccccc3C1c1ccccc12. The summed E-state index contributed by atoms with van der Waals surface area (Å²) in [5, 5.41) is 6.28. The molecule has 3 aliphatic carbocycles. The van der Waals surface area contributed by atoms with Gasteiger partial charge in [0.2, 0.25) is 5.91 Å². The van der Waals surface area contributed by atoms with Crippen molar-refractivity contribution in [1.29, 1.82) is 0 Å². The molecule has 2 aromatic carbocycles. The highest BCUT2D eigenvalue weighted by Crippen LogP contribution is 2.55. The zero-order valence-electron chi connectivity index (χ0n) is 14.8. The minimum Gasteiger partial charge on any atom is -0.356 e. The maximum absolute atomic E-state index is 12.1. The number of fused-ring (bicyclic) bond motifs is 1. The van der Waals surface area contributed by atoms with Gasteiger partial charge in [-0.3, -0.25) is 4.79 Å². The second-order valence-electron chi connectivity index (χ2n) is 7.30. The van der Waals surface area contributed by atoms with Crippen LogP contribution in [0.5, 0.6) is 0 Å². The highest BCUT2D eigenvalue weighted by atomic mass is 16.1. The predicted molar refractivity (Wildman–Crippen MR) is 101 cm³/mol. The first-order chi connectivity index (χ1) is 12.3. The first-order valence-corrected chi connectivity index (χ1v) is 9.38. The highest BCUT2D eigenvalue weighted by molar-refractivity contribution is 5.75. The zero-order valence-corrected chi connectivity index (χ0v) is 14.8. The molecule has 3 aliphatic rings. The van der Waals surface area contributed by atoms with Crippen LogP contribution in [0.4, 0.5) is 0 Å².